The summed E-state index contributed by atoms with van der Waals surface area (Å²) in [5.74, 6) is 0.366. The number of halogens is 2. The Bertz CT molecular complexity index is 750. The molecule has 0 saturated carbocycles. The van der Waals surface area contributed by atoms with E-state index in [1.807, 2.05) is 13.8 Å². The van der Waals surface area contributed by atoms with Crippen molar-refractivity contribution < 1.29 is 9.18 Å². The van der Waals surface area contributed by atoms with E-state index in [1.165, 1.54) is 10.7 Å². The van der Waals surface area contributed by atoms with Gasteiger partial charge in [-0.3, -0.25) is 4.79 Å². The van der Waals surface area contributed by atoms with Gasteiger partial charge in [0.25, 0.3) is 5.91 Å². The lowest BCUT2D eigenvalue weighted by atomic mass is 10.1. The summed E-state index contributed by atoms with van der Waals surface area (Å²) < 4.78 is 15.5. The van der Waals surface area contributed by atoms with Crippen LogP contribution in [0, 0.1) is 11.7 Å². The Morgan fingerprint density at radius 2 is 2.12 bits per heavy atom. The van der Waals surface area contributed by atoms with Crippen LogP contribution >= 0.6 is 12.4 Å². The molecule has 1 fully saturated rings. The van der Waals surface area contributed by atoms with Crippen molar-refractivity contribution >= 4 is 18.3 Å². The SMILES string of the molecule is CCc1nc(C(=O)N2CC(CN)CC2C)nn1-c1ccccc1F.Cl. The summed E-state index contributed by atoms with van der Waals surface area (Å²) >= 11 is 0. The first-order valence-electron chi connectivity index (χ1n) is 8.27. The van der Waals surface area contributed by atoms with Crippen molar-refractivity contribution in [1.29, 1.82) is 0 Å². The Balaban J connectivity index is 0.00000225. The van der Waals surface area contributed by atoms with Gasteiger partial charge in [-0.2, -0.15) is 0 Å². The topological polar surface area (TPSA) is 77.0 Å². The molecule has 25 heavy (non-hydrogen) atoms. The maximum atomic E-state index is 14.1. The number of benzene rings is 1. The van der Waals surface area contributed by atoms with Gasteiger partial charge in [0.05, 0.1) is 0 Å². The van der Waals surface area contributed by atoms with E-state index in [-0.39, 0.29) is 30.2 Å². The second kappa shape index (κ2) is 7.93. The predicted molar refractivity (Wildman–Crippen MR) is 95.6 cm³/mol. The van der Waals surface area contributed by atoms with Crippen LogP contribution in [0.3, 0.4) is 0 Å². The molecule has 0 radical (unpaired) electrons. The van der Waals surface area contributed by atoms with Crippen molar-refractivity contribution in [2.45, 2.75) is 32.7 Å². The molecule has 1 aromatic heterocycles. The van der Waals surface area contributed by atoms with Gasteiger partial charge in [-0.15, -0.1) is 17.5 Å². The Morgan fingerprint density at radius 1 is 1.40 bits per heavy atom. The average molecular weight is 368 g/mol. The van der Waals surface area contributed by atoms with E-state index >= 15 is 0 Å². The highest BCUT2D eigenvalue weighted by molar-refractivity contribution is 5.91. The van der Waals surface area contributed by atoms with Crippen molar-refractivity contribution in [2.24, 2.45) is 11.7 Å². The highest BCUT2D eigenvalue weighted by Gasteiger charge is 2.34. The number of amides is 1. The molecule has 2 heterocycles. The molecule has 136 valence electrons. The van der Waals surface area contributed by atoms with Crippen LogP contribution in [0.15, 0.2) is 24.3 Å². The van der Waals surface area contributed by atoms with Gasteiger partial charge in [-0.25, -0.2) is 14.1 Å². The van der Waals surface area contributed by atoms with Gasteiger partial charge in [0.2, 0.25) is 5.82 Å². The Morgan fingerprint density at radius 3 is 2.72 bits per heavy atom. The summed E-state index contributed by atoms with van der Waals surface area (Å²) in [4.78, 5) is 18.9. The molecule has 2 atom stereocenters. The maximum Gasteiger partial charge on any atom is 0.293 e. The van der Waals surface area contributed by atoms with Crippen LogP contribution in [0.2, 0.25) is 0 Å². The van der Waals surface area contributed by atoms with E-state index in [2.05, 4.69) is 10.1 Å². The van der Waals surface area contributed by atoms with Gasteiger partial charge in [-0.1, -0.05) is 19.1 Å². The number of hydrogen-bond acceptors (Lipinski definition) is 4. The molecule has 0 spiro atoms. The fourth-order valence-corrected chi connectivity index (χ4v) is 3.20. The standard InChI is InChI=1S/C17H22FN5O.ClH/c1-3-15-20-16(17(24)22-10-12(9-19)8-11(22)2)21-23(15)14-7-5-4-6-13(14)18;/h4-7,11-12H,3,8-10,19H2,1-2H3;1H. The van der Waals surface area contributed by atoms with Crippen molar-refractivity contribution in [3.63, 3.8) is 0 Å². The Kier molecular flexibility index (Phi) is 6.13. The van der Waals surface area contributed by atoms with Crippen LogP contribution in [0.25, 0.3) is 5.69 Å². The monoisotopic (exact) mass is 367 g/mol. The van der Waals surface area contributed by atoms with Crippen LogP contribution in [0.4, 0.5) is 4.39 Å². The predicted octanol–water partition coefficient (Wildman–Crippen LogP) is 2.20. The van der Waals surface area contributed by atoms with E-state index in [4.69, 9.17) is 5.73 Å². The van der Waals surface area contributed by atoms with Crippen molar-refractivity contribution in [3.8, 4) is 5.69 Å². The van der Waals surface area contributed by atoms with E-state index in [0.717, 1.165) is 6.42 Å². The lowest BCUT2D eigenvalue weighted by molar-refractivity contribution is 0.0731. The number of nitrogens with two attached hydrogens (primary N) is 1. The fraction of sp³-hybridized carbons (Fsp3) is 0.471. The summed E-state index contributed by atoms with van der Waals surface area (Å²) in [5.41, 5.74) is 6.03. The molecule has 1 aromatic carbocycles. The largest absolute Gasteiger partial charge is 0.333 e. The molecule has 1 aliphatic heterocycles. The minimum Gasteiger partial charge on any atom is -0.333 e. The number of para-hydroxylation sites is 1. The van der Waals surface area contributed by atoms with Gasteiger partial charge >= 0.3 is 0 Å². The lowest BCUT2D eigenvalue weighted by Crippen LogP contribution is -2.35. The molecule has 6 nitrogen and oxygen atoms in total. The minimum atomic E-state index is -0.395. The third-order valence-corrected chi connectivity index (χ3v) is 4.52. The number of aryl methyl sites for hydroxylation is 1. The molecule has 0 bridgehead atoms. The summed E-state index contributed by atoms with van der Waals surface area (Å²) in [6.45, 7) is 5.08. The quantitative estimate of drug-likeness (QED) is 0.898. The van der Waals surface area contributed by atoms with E-state index in [9.17, 15) is 9.18 Å². The number of carbonyl (C=O) groups is 1. The van der Waals surface area contributed by atoms with Crippen molar-refractivity contribution in [3.05, 3.63) is 41.7 Å². The molecular formula is C17H23ClFN5O. The van der Waals surface area contributed by atoms with E-state index < -0.39 is 5.82 Å². The number of likely N-dealkylation sites (tertiary alicyclic amines) is 1. The molecule has 1 aliphatic rings. The molecule has 2 unspecified atom stereocenters. The second-order valence-corrected chi connectivity index (χ2v) is 6.21. The molecule has 1 amide bonds. The molecule has 0 aliphatic carbocycles. The summed E-state index contributed by atoms with van der Waals surface area (Å²) in [5, 5.41) is 4.29. The first-order valence-corrected chi connectivity index (χ1v) is 8.27. The normalized spacial score (nSPS) is 19.8. The van der Waals surface area contributed by atoms with Gasteiger partial charge in [0, 0.05) is 19.0 Å². The van der Waals surface area contributed by atoms with Gasteiger partial charge in [0.15, 0.2) is 0 Å². The highest BCUT2D eigenvalue weighted by Crippen LogP contribution is 2.24. The zero-order chi connectivity index (χ0) is 17.3. The second-order valence-electron chi connectivity index (χ2n) is 6.21. The van der Waals surface area contributed by atoms with E-state index in [0.29, 0.717) is 36.9 Å². The van der Waals surface area contributed by atoms with Gasteiger partial charge in [0.1, 0.15) is 17.3 Å². The van der Waals surface area contributed by atoms with Gasteiger partial charge < -0.3 is 10.6 Å². The first-order chi connectivity index (χ1) is 11.5. The lowest BCUT2D eigenvalue weighted by Gasteiger charge is -2.19. The number of aromatic nitrogens is 3. The molecule has 2 N–H and O–H groups in total. The smallest absolute Gasteiger partial charge is 0.293 e. The minimum absolute atomic E-state index is 0. The average Bonchev–Trinajstić information content (AvgIpc) is 3.18. The first kappa shape index (κ1) is 19.3. The fourth-order valence-electron chi connectivity index (χ4n) is 3.20. The number of rotatable bonds is 4. The van der Waals surface area contributed by atoms with Crippen molar-refractivity contribution in [2.75, 3.05) is 13.1 Å². The van der Waals surface area contributed by atoms with Crippen molar-refractivity contribution in [1.82, 2.24) is 19.7 Å². The zero-order valence-corrected chi connectivity index (χ0v) is 15.2. The van der Waals surface area contributed by atoms with Crippen LogP contribution in [0.1, 0.15) is 36.7 Å². The summed E-state index contributed by atoms with van der Waals surface area (Å²) in [6.07, 6.45) is 1.44. The zero-order valence-electron chi connectivity index (χ0n) is 14.4. The van der Waals surface area contributed by atoms with Crippen LogP contribution in [-0.2, 0) is 6.42 Å². The van der Waals surface area contributed by atoms with Gasteiger partial charge in [-0.05, 0) is 37.9 Å². The van der Waals surface area contributed by atoms with Crippen LogP contribution in [-0.4, -0.2) is 44.7 Å². The van der Waals surface area contributed by atoms with Crippen LogP contribution < -0.4 is 5.73 Å². The number of carbonyl (C=O) groups excluding carboxylic acids is 1. The summed E-state index contributed by atoms with van der Waals surface area (Å²) in [6, 6.07) is 6.45. The highest BCUT2D eigenvalue weighted by atomic mass is 35.5. The molecule has 2 aromatic rings. The molecular weight excluding hydrogens is 345 g/mol. The summed E-state index contributed by atoms with van der Waals surface area (Å²) in [7, 11) is 0. The number of nitrogens with zero attached hydrogens (tertiary/aromatic N) is 4. The molecule has 8 heteroatoms. The third kappa shape index (κ3) is 3.67. The Labute approximate surface area is 152 Å². The van der Waals surface area contributed by atoms with E-state index in [1.54, 1.807) is 23.1 Å². The molecule has 3 rings (SSSR count). The van der Waals surface area contributed by atoms with Crippen LogP contribution in [0.5, 0.6) is 0 Å². The Hall–Kier alpha value is -1.99. The maximum absolute atomic E-state index is 14.1. The number of hydrogen-bond donors (Lipinski definition) is 1. The molecule has 1 saturated heterocycles. The third-order valence-electron chi connectivity index (χ3n) is 4.52.